The molecule has 5 heteroatoms. The summed E-state index contributed by atoms with van der Waals surface area (Å²) in [5.41, 5.74) is 0.314. The Bertz CT molecular complexity index is 444. The van der Waals surface area contributed by atoms with E-state index >= 15 is 0 Å². The summed E-state index contributed by atoms with van der Waals surface area (Å²) in [4.78, 5) is 10.7. The molecule has 0 aromatic heterocycles. The quantitative estimate of drug-likeness (QED) is 0.829. The number of hydrogen-bond acceptors (Lipinski definition) is 3. The van der Waals surface area contributed by atoms with Crippen LogP contribution in [0.2, 0.25) is 0 Å². The molecule has 1 aromatic rings. The van der Waals surface area contributed by atoms with Gasteiger partial charge in [-0.05, 0) is 6.07 Å². The van der Waals surface area contributed by atoms with Crippen LogP contribution in [0.4, 0.5) is 8.78 Å². The Morgan fingerprint density at radius 2 is 2.18 bits per heavy atom. The van der Waals surface area contributed by atoms with Gasteiger partial charge >= 0.3 is 0 Å². The average molecular weight is 258 g/mol. The van der Waals surface area contributed by atoms with Crippen LogP contribution >= 0.6 is 11.8 Å². The Hall–Kier alpha value is -1.36. The first-order chi connectivity index (χ1) is 8.04. The van der Waals surface area contributed by atoms with Gasteiger partial charge in [-0.2, -0.15) is 0 Å². The van der Waals surface area contributed by atoms with Crippen molar-refractivity contribution in [1.82, 2.24) is 0 Å². The molecule has 1 rings (SSSR count). The van der Waals surface area contributed by atoms with E-state index < -0.39 is 11.6 Å². The third kappa shape index (κ3) is 4.19. The summed E-state index contributed by atoms with van der Waals surface area (Å²) in [6.07, 6.45) is 3.18. The predicted octanol–water partition coefficient (Wildman–Crippen LogP) is 3.27. The Labute approximate surface area is 103 Å². The number of carbonyl (C=O) groups is 1. The molecular weight excluding hydrogens is 246 g/mol. The summed E-state index contributed by atoms with van der Waals surface area (Å²) >= 11 is 1.12. The van der Waals surface area contributed by atoms with E-state index in [9.17, 15) is 13.6 Å². The first kappa shape index (κ1) is 13.7. The van der Waals surface area contributed by atoms with Gasteiger partial charge in [0.2, 0.25) is 0 Å². The Morgan fingerprint density at radius 1 is 1.47 bits per heavy atom. The van der Waals surface area contributed by atoms with Crippen LogP contribution in [-0.2, 0) is 4.79 Å². The second kappa shape index (κ2) is 6.39. The predicted molar refractivity (Wildman–Crippen MR) is 65.1 cm³/mol. The van der Waals surface area contributed by atoms with E-state index in [0.29, 0.717) is 11.3 Å². The Balaban J connectivity index is 2.85. The molecule has 0 fully saturated rings. The molecule has 0 saturated heterocycles. The van der Waals surface area contributed by atoms with Gasteiger partial charge in [0.25, 0.3) is 0 Å². The molecule has 0 saturated carbocycles. The summed E-state index contributed by atoms with van der Waals surface area (Å²) in [7, 11) is 1.32. The van der Waals surface area contributed by atoms with Gasteiger partial charge in [-0.25, -0.2) is 8.78 Å². The maximum atomic E-state index is 13.3. The summed E-state index contributed by atoms with van der Waals surface area (Å²) in [6.45, 7) is 1.46. The maximum Gasteiger partial charge on any atom is 0.186 e. The molecule has 0 atom stereocenters. The average Bonchev–Trinajstić information content (AvgIpc) is 2.23. The highest BCUT2D eigenvalue weighted by atomic mass is 32.2. The van der Waals surface area contributed by atoms with E-state index in [2.05, 4.69) is 0 Å². The van der Waals surface area contributed by atoms with Gasteiger partial charge < -0.3 is 4.74 Å². The van der Waals surface area contributed by atoms with E-state index in [1.165, 1.54) is 26.2 Å². The summed E-state index contributed by atoms with van der Waals surface area (Å²) < 4.78 is 31.1. The van der Waals surface area contributed by atoms with Crippen LogP contribution in [0.5, 0.6) is 5.75 Å². The lowest BCUT2D eigenvalue weighted by Crippen LogP contribution is -1.93. The maximum absolute atomic E-state index is 13.3. The minimum atomic E-state index is -0.744. The SMILES string of the molecule is COc1c(F)cc(F)cc1C=CCSC(C)=O. The van der Waals surface area contributed by atoms with Crippen molar-refractivity contribution in [3.8, 4) is 5.75 Å². The van der Waals surface area contributed by atoms with Gasteiger partial charge in [0, 0.05) is 24.3 Å². The van der Waals surface area contributed by atoms with Crippen LogP contribution in [0.1, 0.15) is 12.5 Å². The number of ether oxygens (including phenoxy) is 1. The molecule has 2 nitrogen and oxygen atoms in total. The fraction of sp³-hybridized carbons (Fsp3) is 0.250. The molecule has 0 bridgehead atoms. The lowest BCUT2D eigenvalue weighted by molar-refractivity contribution is -0.109. The van der Waals surface area contributed by atoms with Gasteiger partial charge in [0.15, 0.2) is 16.7 Å². The molecule has 0 aliphatic heterocycles. The summed E-state index contributed by atoms with van der Waals surface area (Å²) in [5, 5.41) is -0.00737. The van der Waals surface area contributed by atoms with Crippen molar-refractivity contribution in [3.05, 3.63) is 35.4 Å². The number of hydrogen-bond donors (Lipinski definition) is 0. The molecule has 0 aliphatic rings. The fourth-order valence-electron chi connectivity index (χ4n) is 1.26. The topological polar surface area (TPSA) is 26.3 Å². The molecule has 0 unspecified atom stereocenters. The van der Waals surface area contributed by atoms with Gasteiger partial charge in [-0.15, -0.1) is 0 Å². The number of methoxy groups -OCH3 is 1. The fourth-order valence-corrected chi connectivity index (χ4v) is 1.69. The van der Waals surface area contributed by atoms with E-state index in [-0.39, 0.29) is 10.9 Å². The van der Waals surface area contributed by atoms with E-state index in [1.807, 2.05) is 0 Å². The lowest BCUT2D eigenvalue weighted by Gasteiger charge is -2.06. The lowest BCUT2D eigenvalue weighted by atomic mass is 10.1. The van der Waals surface area contributed by atoms with Gasteiger partial charge in [-0.1, -0.05) is 23.9 Å². The zero-order chi connectivity index (χ0) is 12.8. The van der Waals surface area contributed by atoms with Gasteiger partial charge in [0.1, 0.15) is 5.82 Å². The first-order valence-corrected chi connectivity index (χ1v) is 5.86. The number of thioether (sulfide) groups is 1. The molecule has 0 radical (unpaired) electrons. The smallest absolute Gasteiger partial charge is 0.186 e. The normalized spacial score (nSPS) is 10.8. The highest BCUT2D eigenvalue weighted by molar-refractivity contribution is 8.13. The van der Waals surface area contributed by atoms with Crippen molar-refractivity contribution in [3.63, 3.8) is 0 Å². The number of benzene rings is 1. The molecule has 0 spiro atoms. The Kier molecular flexibility index (Phi) is 5.15. The second-order valence-corrected chi connectivity index (χ2v) is 4.41. The molecule has 0 N–H and O–H groups in total. The number of carbonyl (C=O) groups excluding carboxylic acids is 1. The van der Waals surface area contributed by atoms with Crippen LogP contribution < -0.4 is 4.74 Å². The van der Waals surface area contributed by atoms with Crippen molar-refractivity contribution in [2.45, 2.75) is 6.92 Å². The number of rotatable bonds is 4. The van der Waals surface area contributed by atoms with E-state index in [1.54, 1.807) is 6.08 Å². The molecule has 0 heterocycles. The summed E-state index contributed by atoms with van der Waals surface area (Å²) in [6, 6.07) is 1.94. The molecule has 1 aromatic carbocycles. The molecule has 92 valence electrons. The van der Waals surface area contributed by atoms with Crippen LogP contribution in [0.15, 0.2) is 18.2 Å². The highest BCUT2D eigenvalue weighted by Crippen LogP contribution is 2.25. The molecular formula is C12H12F2O2S. The summed E-state index contributed by atoms with van der Waals surface area (Å²) in [5.74, 6) is -0.958. The van der Waals surface area contributed by atoms with Crippen LogP contribution in [-0.4, -0.2) is 18.0 Å². The van der Waals surface area contributed by atoms with Crippen molar-refractivity contribution in [2.75, 3.05) is 12.9 Å². The third-order valence-corrected chi connectivity index (χ3v) is 2.69. The van der Waals surface area contributed by atoms with Crippen molar-refractivity contribution in [1.29, 1.82) is 0 Å². The minimum Gasteiger partial charge on any atom is -0.493 e. The van der Waals surface area contributed by atoms with E-state index in [0.717, 1.165) is 17.8 Å². The van der Waals surface area contributed by atoms with E-state index in [4.69, 9.17) is 4.74 Å². The first-order valence-electron chi connectivity index (χ1n) is 4.87. The van der Waals surface area contributed by atoms with Crippen molar-refractivity contribution < 1.29 is 18.3 Å². The van der Waals surface area contributed by atoms with Crippen molar-refractivity contribution >= 4 is 23.0 Å². The Morgan fingerprint density at radius 3 is 2.76 bits per heavy atom. The monoisotopic (exact) mass is 258 g/mol. The van der Waals surface area contributed by atoms with Crippen LogP contribution in [0.3, 0.4) is 0 Å². The largest absolute Gasteiger partial charge is 0.493 e. The second-order valence-electron chi connectivity index (χ2n) is 3.22. The molecule has 0 amide bonds. The third-order valence-electron chi connectivity index (χ3n) is 1.92. The van der Waals surface area contributed by atoms with Crippen molar-refractivity contribution in [2.24, 2.45) is 0 Å². The zero-order valence-electron chi connectivity index (χ0n) is 9.50. The van der Waals surface area contributed by atoms with Gasteiger partial charge in [-0.3, -0.25) is 4.79 Å². The minimum absolute atomic E-state index is 0.00419. The van der Waals surface area contributed by atoms with Crippen LogP contribution in [0.25, 0.3) is 6.08 Å². The number of halogens is 2. The zero-order valence-corrected chi connectivity index (χ0v) is 10.3. The van der Waals surface area contributed by atoms with Crippen LogP contribution in [0, 0.1) is 11.6 Å². The molecule has 0 aliphatic carbocycles. The van der Waals surface area contributed by atoms with Gasteiger partial charge in [0.05, 0.1) is 7.11 Å². The highest BCUT2D eigenvalue weighted by Gasteiger charge is 2.09. The standard InChI is InChI=1S/C12H12F2O2S/c1-8(15)17-5-3-4-9-6-10(13)7-11(14)12(9)16-2/h3-4,6-7H,5H2,1-2H3. The molecule has 17 heavy (non-hydrogen) atoms.